The van der Waals surface area contributed by atoms with Crippen molar-refractivity contribution in [3.63, 3.8) is 0 Å². The number of unbranched alkanes of at least 4 members (excludes halogenated alkanes) is 1. The summed E-state index contributed by atoms with van der Waals surface area (Å²) in [4.78, 5) is 23.9. The Kier molecular flexibility index (Phi) is 5.00. The molecule has 0 aliphatic carbocycles. The Morgan fingerprint density at radius 2 is 1.89 bits per heavy atom. The molecule has 1 rings (SSSR count). The van der Waals surface area contributed by atoms with Gasteiger partial charge in [-0.3, -0.25) is 13.9 Å². The molecule has 0 bridgehead atoms. The van der Waals surface area contributed by atoms with E-state index in [4.69, 9.17) is 5.73 Å². The van der Waals surface area contributed by atoms with Crippen molar-refractivity contribution in [2.45, 2.75) is 39.7 Å². The molecule has 0 saturated carbocycles. The van der Waals surface area contributed by atoms with Gasteiger partial charge in [-0.2, -0.15) is 0 Å². The molecule has 1 aromatic rings. The van der Waals surface area contributed by atoms with Crippen LogP contribution in [0, 0.1) is 0 Å². The zero-order valence-electron chi connectivity index (χ0n) is 11.3. The van der Waals surface area contributed by atoms with Crippen molar-refractivity contribution in [1.82, 2.24) is 9.13 Å². The first-order valence-electron chi connectivity index (χ1n) is 6.37. The van der Waals surface area contributed by atoms with Gasteiger partial charge < -0.3 is 11.1 Å². The number of aromatic nitrogens is 2. The Hall–Kier alpha value is -1.72. The van der Waals surface area contributed by atoms with Crippen LogP contribution in [0.15, 0.2) is 9.59 Å². The lowest BCUT2D eigenvalue weighted by Gasteiger charge is -2.15. The smallest absolute Gasteiger partial charge is 0.332 e. The Labute approximate surface area is 106 Å². The van der Waals surface area contributed by atoms with Crippen LogP contribution in [-0.4, -0.2) is 15.7 Å². The van der Waals surface area contributed by atoms with Crippen LogP contribution in [0.1, 0.15) is 33.1 Å². The van der Waals surface area contributed by atoms with Crippen LogP contribution in [0.4, 0.5) is 11.5 Å². The Morgan fingerprint density at radius 3 is 2.44 bits per heavy atom. The third-order valence-corrected chi connectivity index (χ3v) is 2.86. The number of anilines is 2. The van der Waals surface area contributed by atoms with Crippen molar-refractivity contribution >= 4 is 11.5 Å². The molecule has 0 fully saturated rings. The van der Waals surface area contributed by atoms with E-state index in [2.05, 4.69) is 12.2 Å². The molecule has 6 heteroatoms. The fraction of sp³-hybridized carbons (Fsp3) is 0.667. The normalized spacial score (nSPS) is 10.6. The Bertz CT molecular complexity index is 516. The average Bonchev–Trinajstić information content (AvgIpc) is 2.36. The van der Waals surface area contributed by atoms with E-state index in [1.165, 1.54) is 11.6 Å². The lowest BCUT2D eigenvalue weighted by Crippen LogP contribution is -2.40. The van der Waals surface area contributed by atoms with E-state index in [1.807, 2.05) is 6.92 Å². The van der Waals surface area contributed by atoms with Gasteiger partial charge in [-0.05, 0) is 12.8 Å². The molecule has 18 heavy (non-hydrogen) atoms. The summed E-state index contributed by atoms with van der Waals surface area (Å²) in [6.07, 6.45) is 2.77. The van der Waals surface area contributed by atoms with Gasteiger partial charge in [0.05, 0.1) is 0 Å². The molecule has 0 radical (unpaired) electrons. The number of nitrogens with zero attached hydrogens (tertiary/aromatic N) is 2. The SMILES string of the molecule is CCCCNc1c(N)n(CCC)c(=O)n(C)c1=O. The second kappa shape index (κ2) is 6.28. The molecule has 3 N–H and O–H groups in total. The molecule has 102 valence electrons. The van der Waals surface area contributed by atoms with Gasteiger partial charge in [0.1, 0.15) is 11.5 Å². The molecular formula is C12H22N4O2. The molecule has 0 amide bonds. The van der Waals surface area contributed by atoms with E-state index in [0.717, 1.165) is 23.8 Å². The van der Waals surface area contributed by atoms with Crippen molar-refractivity contribution in [3.05, 3.63) is 20.8 Å². The topological polar surface area (TPSA) is 82.0 Å². The lowest BCUT2D eigenvalue weighted by molar-refractivity contribution is 0.600. The maximum atomic E-state index is 12.0. The second-order valence-corrected chi connectivity index (χ2v) is 4.34. The van der Waals surface area contributed by atoms with Gasteiger partial charge in [-0.1, -0.05) is 20.3 Å². The third kappa shape index (κ3) is 2.75. The van der Waals surface area contributed by atoms with E-state index in [9.17, 15) is 9.59 Å². The number of hydrogen-bond acceptors (Lipinski definition) is 4. The van der Waals surface area contributed by atoms with E-state index in [1.54, 1.807) is 0 Å². The summed E-state index contributed by atoms with van der Waals surface area (Å²) in [5, 5.41) is 3.03. The van der Waals surface area contributed by atoms with Gasteiger partial charge in [-0.15, -0.1) is 0 Å². The highest BCUT2D eigenvalue weighted by Crippen LogP contribution is 2.11. The standard InChI is InChI=1S/C12H22N4O2/c1-4-6-7-14-9-10(13)16(8-5-2)12(18)15(3)11(9)17/h14H,4-8,13H2,1-3H3. The van der Waals surface area contributed by atoms with E-state index < -0.39 is 0 Å². The number of nitrogens with one attached hydrogen (secondary N) is 1. The van der Waals surface area contributed by atoms with Crippen molar-refractivity contribution in [1.29, 1.82) is 0 Å². The second-order valence-electron chi connectivity index (χ2n) is 4.34. The van der Waals surface area contributed by atoms with Gasteiger partial charge in [0.15, 0.2) is 0 Å². The first kappa shape index (κ1) is 14.3. The van der Waals surface area contributed by atoms with E-state index >= 15 is 0 Å². The minimum absolute atomic E-state index is 0.237. The summed E-state index contributed by atoms with van der Waals surface area (Å²) >= 11 is 0. The number of nitrogens with two attached hydrogens (primary N) is 1. The number of rotatable bonds is 6. The summed E-state index contributed by atoms with van der Waals surface area (Å²) in [5.41, 5.74) is 5.52. The molecule has 1 aromatic heterocycles. The summed E-state index contributed by atoms with van der Waals surface area (Å²) in [5.74, 6) is 0.237. The molecule has 1 heterocycles. The van der Waals surface area contributed by atoms with Gasteiger partial charge in [0.2, 0.25) is 0 Å². The maximum Gasteiger partial charge on any atom is 0.332 e. The van der Waals surface area contributed by atoms with E-state index in [-0.39, 0.29) is 17.1 Å². The van der Waals surface area contributed by atoms with E-state index in [0.29, 0.717) is 18.8 Å². The van der Waals surface area contributed by atoms with Gasteiger partial charge >= 0.3 is 5.69 Å². The van der Waals surface area contributed by atoms with Crippen molar-refractivity contribution in [2.75, 3.05) is 17.6 Å². The fourth-order valence-electron chi connectivity index (χ4n) is 1.78. The molecule has 0 saturated heterocycles. The summed E-state index contributed by atoms with van der Waals surface area (Å²) in [7, 11) is 1.47. The molecule has 0 unspecified atom stereocenters. The summed E-state index contributed by atoms with van der Waals surface area (Å²) < 4.78 is 2.54. The van der Waals surface area contributed by atoms with Crippen molar-refractivity contribution in [3.8, 4) is 0 Å². The average molecular weight is 254 g/mol. The highest BCUT2D eigenvalue weighted by atomic mass is 16.2. The molecule has 0 aliphatic rings. The monoisotopic (exact) mass is 254 g/mol. The van der Waals surface area contributed by atoms with Crippen LogP contribution >= 0.6 is 0 Å². The zero-order chi connectivity index (χ0) is 13.7. The largest absolute Gasteiger partial charge is 0.383 e. The molecule has 0 spiro atoms. The van der Waals surface area contributed by atoms with Crippen LogP contribution in [0.2, 0.25) is 0 Å². The third-order valence-electron chi connectivity index (χ3n) is 2.86. The molecule has 0 atom stereocenters. The quantitative estimate of drug-likeness (QED) is 0.734. The Morgan fingerprint density at radius 1 is 1.22 bits per heavy atom. The molecular weight excluding hydrogens is 232 g/mol. The predicted octanol–water partition coefficient (Wildman–Crippen LogP) is 0.751. The maximum absolute atomic E-state index is 12.0. The molecule has 6 nitrogen and oxygen atoms in total. The van der Waals surface area contributed by atoms with Crippen LogP contribution in [0.3, 0.4) is 0 Å². The lowest BCUT2D eigenvalue weighted by atomic mass is 10.3. The van der Waals surface area contributed by atoms with Crippen molar-refractivity contribution in [2.24, 2.45) is 7.05 Å². The van der Waals surface area contributed by atoms with Crippen molar-refractivity contribution < 1.29 is 0 Å². The van der Waals surface area contributed by atoms with Crippen LogP contribution in [0.25, 0.3) is 0 Å². The molecule has 0 aliphatic heterocycles. The highest BCUT2D eigenvalue weighted by Gasteiger charge is 2.13. The Balaban J connectivity index is 3.24. The number of nitrogen functional groups attached to an aromatic ring is 1. The zero-order valence-corrected chi connectivity index (χ0v) is 11.3. The minimum Gasteiger partial charge on any atom is -0.383 e. The van der Waals surface area contributed by atoms with Crippen LogP contribution in [-0.2, 0) is 13.6 Å². The van der Waals surface area contributed by atoms with Crippen LogP contribution < -0.4 is 22.3 Å². The predicted molar refractivity (Wildman–Crippen MR) is 74.0 cm³/mol. The van der Waals surface area contributed by atoms with Gasteiger partial charge in [0.25, 0.3) is 5.56 Å². The first-order chi connectivity index (χ1) is 8.54. The summed E-state index contributed by atoms with van der Waals surface area (Å²) in [6, 6.07) is 0. The molecule has 0 aromatic carbocycles. The number of hydrogen-bond donors (Lipinski definition) is 2. The fourth-order valence-corrected chi connectivity index (χ4v) is 1.78. The van der Waals surface area contributed by atoms with Gasteiger partial charge in [0, 0.05) is 20.1 Å². The van der Waals surface area contributed by atoms with Gasteiger partial charge in [-0.25, -0.2) is 4.79 Å². The minimum atomic E-state index is -0.361. The first-order valence-corrected chi connectivity index (χ1v) is 6.37. The highest BCUT2D eigenvalue weighted by molar-refractivity contribution is 5.60. The summed E-state index contributed by atoms with van der Waals surface area (Å²) in [6.45, 7) is 5.23. The van der Waals surface area contributed by atoms with Crippen LogP contribution in [0.5, 0.6) is 0 Å².